The lowest BCUT2D eigenvalue weighted by Crippen LogP contribution is -2.31. The Morgan fingerprint density at radius 1 is 1.07 bits per heavy atom. The first-order chi connectivity index (χ1) is 13.7. The summed E-state index contributed by atoms with van der Waals surface area (Å²) in [5, 5.41) is 2.75. The second-order valence-corrected chi connectivity index (χ2v) is 8.55. The van der Waals surface area contributed by atoms with Crippen molar-refractivity contribution < 1.29 is 22.7 Å². The highest BCUT2D eigenvalue weighted by Crippen LogP contribution is 2.25. The van der Waals surface area contributed by atoms with Gasteiger partial charge in [0.15, 0.2) is 0 Å². The summed E-state index contributed by atoms with van der Waals surface area (Å²) in [6.45, 7) is 7.86. The van der Waals surface area contributed by atoms with Crippen LogP contribution in [0.4, 0.5) is 0 Å². The molecule has 0 saturated carbocycles. The molecule has 1 amide bonds. The van der Waals surface area contributed by atoms with Gasteiger partial charge in [0.25, 0.3) is 5.91 Å². The third kappa shape index (κ3) is 5.95. The van der Waals surface area contributed by atoms with Crippen LogP contribution < -0.4 is 19.5 Å². The number of hydrogen-bond acceptors (Lipinski definition) is 5. The Hall–Kier alpha value is -2.58. The quantitative estimate of drug-likeness (QED) is 0.649. The Morgan fingerprint density at radius 2 is 1.72 bits per heavy atom. The van der Waals surface area contributed by atoms with Gasteiger partial charge in [0.05, 0.1) is 24.2 Å². The average Bonchev–Trinajstić information content (AvgIpc) is 2.67. The van der Waals surface area contributed by atoms with Crippen molar-refractivity contribution in [3.05, 3.63) is 53.6 Å². The molecule has 0 bridgehead atoms. The number of methoxy groups -OCH3 is 1. The average molecular weight is 421 g/mol. The molecule has 0 saturated heterocycles. The highest BCUT2D eigenvalue weighted by Gasteiger charge is 2.22. The van der Waals surface area contributed by atoms with Crippen LogP contribution in [0.3, 0.4) is 0 Å². The zero-order valence-corrected chi connectivity index (χ0v) is 18.2. The van der Waals surface area contributed by atoms with Gasteiger partial charge in [0.2, 0.25) is 10.0 Å². The maximum absolute atomic E-state index is 12.9. The van der Waals surface area contributed by atoms with Crippen LogP contribution in [-0.4, -0.2) is 34.1 Å². The van der Waals surface area contributed by atoms with Crippen LogP contribution in [0.25, 0.3) is 0 Å². The molecule has 0 fully saturated rings. The van der Waals surface area contributed by atoms with Crippen molar-refractivity contribution in [2.24, 2.45) is 0 Å². The Kier molecular flexibility index (Phi) is 7.64. The van der Waals surface area contributed by atoms with E-state index in [0.717, 1.165) is 11.3 Å². The molecule has 0 aliphatic heterocycles. The van der Waals surface area contributed by atoms with E-state index in [9.17, 15) is 13.2 Å². The Morgan fingerprint density at radius 3 is 2.28 bits per heavy atom. The summed E-state index contributed by atoms with van der Waals surface area (Å²) >= 11 is 0. The molecular formula is C21H28N2O5S. The van der Waals surface area contributed by atoms with Crippen LogP contribution in [0.15, 0.2) is 47.4 Å². The molecule has 0 unspecified atom stereocenters. The molecule has 0 heterocycles. The predicted molar refractivity (Wildman–Crippen MR) is 112 cm³/mol. The summed E-state index contributed by atoms with van der Waals surface area (Å²) in [4.78, 5) is 12.4. The molecule has 8 heteroatoms. The highest BCUT2D eigenvalue weighted by atomic mass is 32.2. The molecule has 0 radical (unpaired) electrons. The summed E-state index contributed by atoms with van der Waals surface area (Å²) in [6, 6.07) is 10.9. The van der Waals surface area contributed by atoms with Crippen molar-refractivity contribution in [3.8, 4) is 11.5 Å². The van der Waals surface area contributed by atoms with Crippen LogP contribution in [0.5, 0.6) is 11.5 Å². The molecule has 2 aromatic rings. The van der Waals surface area contributed by atoms with Gasteiger partial charge in [-0.3, -0.25) is 4.79 Å². The van der Waals surface area contributed by atoms with Gasteiger partial charge in [0.1, 0.15) is 11.5 Å². The molecule has 2 aromatic carbocycles. The van der Waals surface area contributed by atoms with Crippen LogP contribution >= 0.6 is 0 Å². The minimum Gasteiger partial charge on any atom is -0.496 e. The van der Waals surface area contributed by atoms with Crippen molar-refractivity contribution in [2.45, 2.75) is 44.7 Å². The predicted octanol–water partition coefficient (Wildman–Crippen LogP) is 3.27. The molecule has 29 heavy (non-hydrogen) atoms. The molecule has 0 spiro atoms. The largest absolute Gasteiger partial charge is 0.496 e. The second kappa shape index (κ2) is 9.76. The van der Waals surface area contributed by atoms with Crippen LogP contribution in [-0.2, 0) is 10.0 Å². The first-order valence-corrected chi connectivity index (χ1v) is 10.9. The SMILES string of the molecule is CCOc1ccc([C@@H](C)NS(=O)(=O)c2ccc(OC)c(C(=O)NC(C)C)c2)cc1. The molecule has 2 rings (SSSR count). The molecule has 0 aliphatic carbocycles. The number of ether oxygens (including phenoxy) is 2. The minimum atomic E-state index is -3.85. The van der Waals surface area contributed by atoms with Crippen molar-refractivity contribution in [2.75, 3.05) is 13.7 Å². The zero-order chi connectivity index (χ0) is 21.6. The van der Waals surface area contributed by atoms with Gasteiger partial charge < -0.3 is 14.8 Å². The van der Waals surface area contributed by atoms with E-state index in [0.29, 0.717) is 12.4 Å². The number of nitrogens with one attached hydrogen (secondary N) is 2. The van der Waals surface area contributed by atoms with E-state index in [1.54, 1.807) is 19.1 Å². The first-order valence-electron chi connectivity index (χ1n) is 9.42. The topological polar surface area (TPSA) is 93.7 Å². The Balaban J connectivity index is 2.26. The van der Waals surface area contributed by atoms with Gasteiger partial charge in [0, 0.05) is 12.1 Å². The lowest BCUT2D eigenvalue weighted by molar-refractivity contribution is 0.0940. The van der Waals surface area contributed by atoms with E-state index < -0.39 is 22.0 Å². The number of carbonyl (C=O) groups is 1. The van der Waals surface area contributed by atoms with E-state index in [-0.39, 0.29) is 16.5 Å². The fraction of sp³-hybridized carbons (Fsp3) is 0.381. The van der Waals surface area contributed by atoms with Gasteiger partial charge in [-0.15, -0.1) is 0 Å². The van der Waals surface area contributed by atoms with Crippen LogP contribution in [0.2, 0.25) is 0 Å². The summed E-state index contributed by atoms with van der Waals surface area (Å²) in [6.07, 6.45) is 0. The Bertz CT molecular complexity index is 940. The molecule has 0 aromatic heterocycles. The number of carbonyl (C=O) groups excluding carboxylic acids is 1. The van der Waals surface area contributed by atoms with Gasteiger partial charge in [-0.2, -0.15) is 0 Å². The number of rotatable bonds is 9. The number of amides is 1. The lowest BCUT2D eigenvalue weighted by atomic mass is 10.1. The third-order valence-electron chi connectivity index (χ3n) is 4.17. The Labute approximate surface area is 172 Å². The molecular weight excluding hydrogens is 392 g/mol. The van der Waals surface area contributed by atoms with E-state index >= 15 is 0 Å². The normalized spacial score (nSPS) is 12.5. The standard InChI is InChI=1S/C21H28N2O5S/c1-6-28-17-9-7-16(8-10-17)15(4)23-29(25,26)18-11-12-20(27-5)19(13-18)21(24)22-14(2)3/h7-15,23H,6H2,1-5H3,(H,22,24)/t15-/m1/s1. The summed E-state index contributed by atoms with van der Waals surface area (Å²) in [7, 11) is -2.42. The van der Waals surface area contributed by atoms with Crippen LogP contribution in [0.1, 0.15) is 49.7 Å². The van der Waals surface area contributed by atoms with E-state index in [1.807, 2.05) is 32.9 Å². The molecule has 158 valence electrons. The van der Waals surface area contributed by atoms with Crippen LogP contribution in [0, 0.1) is 0 Å². The molecule has 2 N–H and O–H groups in total. The smallest absolute Gasteiger partial charge is 0.255 e. The lowest BCUT2D eigenvalue weighted by Gasteiger charge is -2.17. The zero-order valence-electron chi connectivity index (χ0n) is 17.4. The fourth-order valence-electron chi connectivity index (χ4n) is 2.76. The maximum Gasteiger partial charge on any atom is 0.255 e. The molecule has 0 aliphatic rings. The van der Waals surface area contributed by atoms with Gasteiger partial charge in [-0.05, 0) is 63.6 Å². The van der Waals surface area contributed by atoms with Crippen molar-refractivity contribution in [1.82, 2.24) is 10.0 Å². The third-order valence-corrected chi connectivity index (χ3v) is 5.71. The second-order valence-electron chi connectivity index (χ2n) is 6.84. The number of benzene rings is 2. The molecule has 1 atom stereocenters. The summed E-state index contributed by atoms with van der Waals surface area (Å²) < 4.78 is 39.0. The van der Waals surface area contributed by atoms with Crippen molar-refractivity contribution in [3.63, 3.8) is 0 Å². The van der Waals surface area contributed by atoms with Crippen molar-refractivity contribution >= 4 is 15.9 Å². The van der Waals surface area contributed by atoms with Gasteiger partial charge >= 0.3 is 0 Å². The number of sulfonamides is 1. The number of hydrogen-bond donors (Lipinski definition) is 2. The van der Waals surface area contributed by atoms with Gasteiger partial charge in [-0.1, -0.05) is 12.1 Å². The van der Waals surface area contributed by atoms with E-state index in [4.69, 9.17) is 9.47 Å². The maximum atomic E-state index is 12.9. The fourth-order valence-corrected chi connectivity index (χ4v) is 4.02. The van der Waals surface area contributed by atoms with Gasteiger partial charge in [-0.25, -0.2) is 13.1 Å². The van der Waals surface area contributed by atoms with E-state index in [2.05, 4.69) is 10.0 Å². The summed E-state index contributed by atoms with van der Waals surface area (Å²) in [5.41, 5.74) is 0.959. The monoisotopic (exact) mass is 420 g/mol. The summed E-state index contributed by atoms with van der Waals surface area (Å²) in [5.74, 6) is 0.636. The highest BCUT2D eigenvalue weighted by molar-refractivity contribution is 7.89. The van der Waals surface area contributed by atoms with Crippen molar-refractivity contribution in [1.29, 1.82) is 0 Å². The first kappa shape index (κ1) is 22.7. The minimum absolute atomic E-state index is 0.00927. The molecule has 7 nitrogen and oxygen atoms in total. The van der Waals surface area contributed by atoms with E-state index in [1.165, 1.54) is 25.3 Å².